The second-order valence-electron chi connectivity index (χ2n) is 5.58. The Labute approximate surface area is 139 Å². The van der Waals surface area contributed by atoms with Gasteiger partial charge in [0.1, 0.15) is 5.52 Å². The first-order chi connectivity index (χ1) is 11.9. The zero-order valence-corrected chi connectivity index (χ0v) is 13.1. The summed E-state index contributed by atoms with van der Waals surface area (Å²) in [5, 5.41) is 0. The van der Waals surface area contributed by atoms with E-state index in [0.717, 1.165) is 17.5 Å². The van der Waals surface area contributed by atoms with E-state index in [-0.39, 0.29) is 0 Å². The Balaban J connectivity index is 1.78. The Kier molecular flexibility index (Phi) is 3.90. The maximum atomic E-state index is 4.82. The molecule has 24 heavy (non-hydrogen) atoms. The molecule has 2 aromatic heterocycles. The van der Waals surface area contributed by atoms with Crippen molar-refractivity contribution in [3.8, 4) is 0 Å². The highest BCUT2D eigenvalue weighted by Gasteiger charge is 2.05. The van der Waals surface area contributed by atoms with Crippen molar-refractivity contribution in [2.45, 2.75) is 13.1 Å². The van der Waals surface area contributed by atoms with E-state index >= 15 is 0 Å². The standard InChI is InChI=1S/C19H17N5/c1-3-7-15(8-4-1)11-20-19-17-18(22-13-21-17)23-14-24(19)12-16-9-5-2-6-10-16/h1-10,13-14H,11-12H2,(H,21,22). The molecule has 0 radical (unpaired) electrons. The van der Waals surface area contributed by atoms with Crippen LogP contribution in [0.1, 0.15) is 11.1 Å². The minimum Gasteiger partial charge on any atom is -0.340 e. The van der Waals surface area contributed by atoms with E-state index in [1.807, 2.05) is 36.4 Å². The lowest BCUT2D eigenvalue weighted by Gasteiger charge is -2.08. The van der Waals surface area contributed by atoms with Crippen molar-refractivity contribution in [2.75, 3.05) is 0 Å². The maximum absolute atomic E-state index is 4.82. The number of aromatic amines is 1. The van der Waals surface area contributed by atoms with Crippen molar-refractivity contribution >= 4 is 11.2 Å². The molecule has 0 fully saturated rings. The molecule has 5 nitrogen and oxygen atoms in total. The Morgan fingerprint density at radius 2 is 1.58 bits per heavy atom. The molecular formula is C19H17N5. The highest BCUT2D eigenvalue weighted by Crippen LogP contribution is 2.05. The molecule has 0 aliphatic carbocycles. The molecule has 0 bridgehead atoms. The average molecular weight is 315 g/mol. The van der Waals surface area contributed by atoms with Crippen molar-refractivity contribution in [2.24, 2.45) is 4.99 Å². The fourth-order valence-corrected chi connectivity index (χ4v) is 2.69. The highest BCUT2D eigenvalue weighted by molar-refractivity contribution is 5.67. The van der Waals surface area contributed by atoms with Crippen molar-refractivity contribution in [3.05, 3.63) is 89.9 Å². The summed E-state index contributed by atoms with van der Waals surface area (Å²) < 4.78 is 2.05. The van der Waals surface area contributed by atoms with Crippen LogP contribution >= 0.6 is 0 Å². The second-order valence-corrected chi connectivity index (χ2v) is 5.58. The molecule has 0 atom stereocenters. The van der Waals surface area contributed by atoms with Crippen LogP contribution in [0.3, 0.4) is 0 Å². The molecule has 0 spiro atoms. The molecule has 0 saturated carbocycles. The van der Waals surface area contributed by atoms with Gasteiger partial charge in [-0.05, 0) is 11.1 Å². The number of hydrogen-bond acceptors (Lipinski definition) is 3. The Morgan fingerprint density at radius 3 is 2.33 bits per heavy atom. The SMILES string of the molecule is c1ccc(CN=c2c3[nH]cnc3ncn2Cc2ccccc2)cc1. The van der Waals surface area contributed by atoms with E-state index in [4.69, 9.17) is 4.99 Å². The molecule has 4 aromatic rings. The van der Waals surface area contributed by atoms with E-state index in [0.29, 0.717) is 12.2 Å². The van der Waals surface area contributed by atoms with Gasteiger partial charge in [-0.2, -0.15) is 0 Å². The van der Waals surface area contributed by atoms with Gasteiger partial charge in [-0.3, -0.25) is 4.99 Å². The molecule has 5 heteroatoms. The Bertz CT molecular complexity index is 1000. The molecule has 2 aromatic carbocycles. The van der Waals surface area contributed by atoms with Gasteiger partial charge in [-0.1, -0.05) is 60.7 Å². The summed E-state index contributed by atoms with van der Waals surface area (Å²) in [5.41, 5.74) is 4.80. The zero-order chi connectivity index (χ0) is 16.2. The van der Waals surface area contributed by atoms with Crippen molar-refractivity contribution in [1.29, 1.82) is 0 Å². The first kappa shape index (κ1) is 14.4. The largest absolute Gasteiger partial charge is 0.340 e. The van der Waals surface area contributed by atoms with Crippen LogP contribution < -0.4 is 5.49 Å². The predicted octanol–water partition coefficient (Wildman–Crippen LogP) is 2.91. The normalized spacial score (nSPS) is 11.9. The third-order valence-corrected chi connectivity index (χ3v) is 3.88. The first-order valence-corrected chi connectivity index (χ1v) is 7.87. The lowest BCUT2D eigenvalue weighted by molar-refractivity contribution is 0.716. The van der Waals surface area contributed by atoms with Crippen LogP contribution in [-0.4, -0.2) is 19.5 Å². The van der Waals surface area contributed by atoms with Crippen molar-refractivity contribution in [3.63, 3.8) is 0 Å². The third-order valence-electron chi connectivity index (χ3n) is 3.88. The number of hydrogen-bond donors (Lipinski definition) is 1. The summed E-state index contributed by atoms with van der Waals surface area (Å²) in [6.07, 6.45) is 3.46. The minimum absolute atomic E-state index is 0.619. The average Bonchev–Trinajstić information content (AvgIpc) is 3.11. The summed E-state index contributed by atoms with van der Waals surface area (Å²) in [7, 11) is 0. The first-order valence-electron chi connectivity index (χ1n) is 7.87. The minimum atomic E-state index is 0.619. The van der Waals surface area contributed by atoms with E-state index in [1.54, 1.807) is 12.7 Å². The summed E-state index contributed by atoms with van der Waals surface area (Å²) in [6, 6.07) is 20.5. The molecule has 2 heterocycles. The quantitative estimate of drug-likeness (QED) is 0.629. The highest BCUT2D eigenvalue weighted by atomic mass is 15.1. The zero-order valence-electron chi connectivity index (χ0n) is 13.1. The van der Waals surface area contributed by atoms with Crippen LogP contribution in [0.15, 0.2) is 78.3 Å². The number of imidazole rings is 1. The van der Waals surface area contributed by atoms with E-state index in [9.17, 15) is 0 Å². The second kappa shape index (κ2) is 6.50. The van der Waals surface area contributed by atoms with Gasteiger partial charge >= 0.3 is 0 Å². The monoisotopic (exact) mass is 315 g/mol. The third kappa shape index (κ3) is 2.96. The maximum Gasteiger partial charge on any atom is 0.182 e. The molecule has 118 valence electrons. The molecule has 0 aliphatic heterocycles. The van der Waals surface area contributed by atoms with E-state index in [1.165, 1.54) is 11.1 Å². The number of aromatic nitrogens is 4. The molecular weight excluding hydrogens is 298 g/mol. The lowest BCUT2D eigenvalue weighted by atomic mass is 10.2. The van der Waals surface area contributed by atoms with Gasteiger partial charge in [-0.15, -0.1) is 0 Å². The van der Waals surface area contributed by atoms with Crippen LogP contribution in [0, 0.1) is 0 Å². The van der Waals surface area contributed by atoms with Crippen LogP contribution in [0.25, 0.3) is 11.2 Å². The summed E-state index contributed by atoms with van der Waals surface area (Å²) in [5.74, 6) is 0. The topological polar surface area (TPSA) is 58.9 Å². The van der Waals surface area contributed by atoms with Gasteiger partial charge in [0.25, 0.3) is 0 Å². The molecule has 4 rings (SSSR count). The predicted molar refractivity (Wildman–Crippen MR) is 93.1 cm³/mol. The van der Waals surface area contributed by atoms with Gasteiger partial charge < -0.3 is 9.55 Å². The van der Waals surface area contributed by atoms with Gasteiger partial charge in [0.2, 0.25) is 0 Å². The summed E-state index contributed by atoms with van der Waals surface area (Å²) in [4.78, 5) is 16.6. The summed E-state index contributed by atoms with van der Waals surface area (Å²) >= 11 is 0. The molecule has 0 aliphatic rings. The van der Waals surface area contributed by atoms with Gasteiger partial charge in [0, 0.05) is 0 Å². The van der Waals surface area contributed by atoms with Crippen molar-refractivity contribution < 1.29 is 0 Å². The smallest absolute Gasteiger partial charge is 0.182 e. The molecule has 1 N–H and O–H groups in total. The van der Waals surface area contributed by atoms with Crippen LogP contribution in [0.4, 0.5) is 0 Å². The van der Waals surface area contributed by atoms with Gasteiger partial charge in [-0.25, -0.2) is 9.97 Å². The number of rotatable bonds is 4. The number of nitrogens with one attached hydrogen (secondary N) is 1. The number of H-pyrrole nitrogens is 1. The van der Waals surface area contributed by atoms with Gasteiger partial charge in [0.05, 0.1) is 25.7 Å². The number of nitrogens with zero attached hydrogens (tertiary/aromatic N) is 4. The summed E-state index contributed by atoms with van der Waals surface area (Å²) in [6.45, 7) is 1.34. The Hall–Kier alpha value is -3.21. The van der Waals surface area contributed by atoms with E-state index < -0.39 is 0 Å². The van der Waals surface area contributed by atoms with Gasteiger partial charge in [0.15, 0.2) is 11.1 Å². The molecule has 0 unspecified atom stereocenters. The fraction of sp³-hybridized carbons (Fsp3) is 0.105. The van der Waals surface area contributed by atoms with Crippen molar-refractivity contribution in [1.82, 2.24) is 19.5 Å². The number of fused-ring (bicyclic) bond motifs is 1. The van der Waals surface area contributed by atoms with Crippen LogP contribution in [0.5, 0.6) is 0 Å². The van der Waals surface area contributed by atoms with Crippen LogP contribution in [0.2, 0.25) is 0 Å². The Morgan fingerprint density at radius 1 is 0.875 bits per heavy atom. The molecule has 0 amide bonds. The van der Waals surface area contributed by atoms with Crippen LogP contribution in [-0.2, 0) is 13.1 Å². The molecule has 0 saturated heterocycles. The fourth-order valence-electron chi connectivity index (χ4n) is 2.69. The van der Waals surface area contributed by atoms with E-state index in [2.05, 4.69) is 43.8 Å². The number of benzene rings is 2. The lowest BCUT2D eigenvalue weighted by Crippen LogP contribution is -2.23.